The van der Waals surface area contributed by atoms with Gasteiger partial charge in [-0.05, 0) is 13.8 Å². The van der Waals surface area contributed by atoms with Crippen molar-refractivity contribution in [1.29, 1.82) is 0 Å². The Hall–Kier alpha value is -1.02. The second kappa shape index (κ2) is 6.17. The van der Waals surface area contributed by atoms with Gasteiger partial charge < -0.3 is 5.32 Å². The number of hydrogen-bond acceptors (Lipinski definition) is 6. The molecule has 2 aromatic rings. The molecule has 0 aromatic carbocycles. The van der Waals surface area contributed by atoms with Gasteiger partial charge in [-0.15, -0.1) is 12.4 Å². The van der Waals surface area contributed by atoms with Crippen molar-refractivity contribution in [2.75, 3.05) is 19.6 Å². The Labute approximate surface area is 127 Å². The number of hydrogen-bond donors (Lipinski definition) is 1. The van der Waals surface area contributed by atoms with Crippen molar-refractivity contribution in [3.05, 3.63) is 27.1 Å². The van der Waals surface area contributed by atoms with E-state index in [-0.39, 0.29) is 18.0 Å². The first-order valence-electron chi connectivity index (χ1n) is 6.44. The minimum atomic E-state index is -0.0987. The SMILES string of the molecule is Cc1cc(=O)n2nc(CN3CCNC[C@@H]3C)sc2n1.Cl. The molecule has 1 fully saturated rings. The highest BCUT2D eigenvalue weighted by atomic mass is 35.5. The maximum atomic E-state index is 11.8. The summed E-state index contributed by atoms with van der Waals surface area (Å²) in [7, 11) is 0. The summed E-state index contributed by atoms with van der Waals surface area (Å²) in [6.45, 7) is 7.84. The van der Waals surface area contributed by atoms with Crippen LogP contribution in [-0.2, 0) is 6.54 Å². The molecule has 6 nitrogen and oxygen atoms in total. The fourth-order valence-corrected chi connectivity index (χ4v) is 3.29. The maximum Gasteiger partial charge on any atom is 0.275 e. The molecule has 1 saturated heterocycles. The second-order valence-corrected chi connectivity index (χ2v) is 5.99. The van der Waals surface area contributed by atoms with E-state index >= 15 is 0 Å². The van der Waals surface area contributed by atoms with Crippen LogP contribution in [0.4, 0.5) is 0 Å². The quantitative estimate of drug-likeness (QED) is 0.883. The van der Waals surface area contributed by atoms with E-state index in [0.29, 0.717) is 11.0 Å². The third-order valence-electron chi connectivity index (χ3n) is 3.39. The van der Waals surface area contributed by atoms with Gasteiger partial charge in [0.1, 0.15) is 5.01 Å². The van der Waals surface area contributed by atoms with Gasteiger partial charge in [-0.2, -0.15) is 9.61 Å². The Morgan fingerprint density at radius 1 is 1.55 bits per heavy atom. The predicted molar refractivity (Wildman–Crippen MR) is 81.9 cm³/mol. The zero-order chi connectivity index (χ0) is 13.4. The monoisotopic (exact) mass is 315 g/mol. The highest BCUT2D eigenvalue weighted by Gasteiger charge is 2.19. The van der Waals surface area contributed by atoms with Crippen molar-refractivity contribution in [3.8, 4) is 0 Å². The largest absolute Gasteiger partial charge is 0.314 e. The summed E-state index contributed by atoms with van der Waals surface area (Å²) in [5, 5.41) is 8.70. The van der Waals surface area contributed by atoms with Crippen molar-refractivity contribution >= 4 is 28.7 Å². The molecule has 20 heavy (non-hydrogen) atoms. The van der Waals surface area contributed by atoms with Gasteiger partial charge in [0.2, 0.25) is 4.96 Å². The Bertz CT molecular complexity index is 655. The summed E-state index contributed by atoms with van der Waals surface area (Å²) >= 11 is 1.50. The van der Waals surface area contributed by atoms with Gasteiger partial charge in [0.15, 0.2) is 0 Å². The number of halogens is 1. The lowest BCUT2D eigenvalue weighted by atomic mass is 10.2. The standard InChI is InChI=1S/C12H17N5OS.ClH/c1-8-5-11(18)17-12(14-8)19-10(15-17)7-16-4-3-13-6-9(16)2;/h5,9,13H,3-4,6-7H2,1-2H3;1H/t9-;/m0./s1. The van der Waals surface area contributed by atoms with E-state index in [1.54, 1.807) is 0 Å². The third kappa shape index (κ3) is 3.01. The Balaban J connectivity index is 0.00000147. The molecule has 0 amide bonds. The number of fused-ring (bicyclic) bond motifs is 1. The Morgan fingerprint density at radius 2 is 2.35 bits per heavy atom. The van der Waals surface area contributed by atoms with E-state index in [9.17, 15) is 4.79 Å². The molecular formula is C12H18ClN5OS. The molecule has 3 rings (SSSR count). The van der Waals surface area contributed by atoms with E-state index in [0.717, 1.165) is 36.9 Å². The van der Waals surface area contributed by atoms with Gasteiger partial charge in [0.05, 0.1) is 6.54 Å². The fraction of sp³-hybridized carbons (Fsp3) is 0.583. The first kappa shape index (κ1) is 15.4. The lowest BCUT2D eigenvalue weighted by Gasteiger charge is -2.32. The summed E-state index contributed by atoms with van der Waals surface area (Å²) < 4.78 is 1.40. The summed E-state index contributed by atoms with van der Waals surface area (Å²) in [6.07, 6.45) is 0. The molecule has 1 N–H and O–H groups in total. The van der Waals surface area contributed by atoms with Crippen LogP contribution >= 0.6 is 23.7 Å². The van der Waals surface area contributed by atoms with Crippen molar-refractivity contribution in [1.82, 2.24) is 24.8 Å². The molecule has 0 unspecified atom stereocenters. The van der Waals surface area contributed by atoms with Gasteiger partial charge in [-0.3, -0.25) is 9.69 Å². The molecule has 0 bridgehead atoms. The van der Waals surface area contributed by atoms with Crippen LogP contribution in [0.15, 0.2) is 10.9 Å². The van der Waals surface area contributed by atoms with Gasteiger partial charge in [0, 0.05) is 37.4 Å². The smallest absolute Gasteiger partial charge is 0.275 e. The molecule has 0 spiro atoms. The summed E-state index contributed by atoms with van der Waals surface area (Å²) in [5.41, 5.74) is 0.647. The topological polar surface area (TPSA) is 62.5 Å². The van der Waals surface area contributed by atoms with E-state index in [1.165, 1.54) is 21.9 Å². The molecule has 0 saturated carbocycles. The minimum absolute atomic E-state index is 0. The van der Waals surface area contributed by atoms with E-state index < -0.39 is 0 Å². The van der Waals surface area contributed by atoms with Crippen LogP contribution in [0.3, 0.4) is 0 Å². The molecule has 1 aliphatic rings. The normalized spacial score (nSPS) is 20.0. The molecule has 8 heteroatoms. The minimum Gasteiger partial charge on any atom is -0.314 e. The van der Waals surface area contributed by atoms with Crippen LogP contribution in [0, 0.1) is 6.92 Å². The van der Waals surface area contributed by atoms with Gasteiger partial charge in [-0.1, -0.05) is 11.3 Å². The van der Waals surface area contributed by atoms with Crippen molar-refractivity contribution in [2.45, 2.75) is 26.4 Å². The number of aryl methyl sites for hydroxylation is 1. The molecule has 0 aliphatic carbocycles. The van der Waals surface area contributed by atoms with Crippen LogP contribution < -0.4 is 10.9 Å². The van der Waals surface area contributed by atoms with Crippen molar-refractivity contribution in [2.24, 2.45) is 0 Å². The van der Waals surface area contributed by atoms with Gasteiger partial charge in [0.25, 0.3) is 5.56 Å². The zero-order valence-electron chi connectivity index (χ0n) is 11.5. The summed E-state index contributed by atoms with van der Waals surface area (Å²) in [4.78, 5) is 19.2. The maximum absolute atomic E-state index is 11.8. The Kier molecular flexibility index (Phi) is 4.74. The first-order chi connectivity index (χ1) is 9.13. The molecule has 1 atom stereocenters. The molecule has 110 valence electrons. The number of nitrogens with one attached hydrogen (secondary N) is 1. The van der Waals surface area contributed by atoms with E-state index in [1.807, 2.05) is 6.92 Å². The van der Waals surface area contributed by atoms with Crippen LogP contribution in [-0.4, -0.2) is 45.2 Å². The lowest BCUT2D eigenvalue weighted by Crippen LogP contribution is -2.49. The summed E-state index contributed by atoms with van der Waals surface area (Å²) in [6, 6.07) is 2.01. The zero-order valence-corrected chi connectivity index (χ0v) is 13.1. The molecular weight excluding hydrogens is 298 g/mol. The fourth-order valence-electron chi connectivity index (χ4n) is 2.32. The number of nitrogens with zero attached hydrogens (tertiary/aromatic N) is 4. The third-order valence-corrected chi connectivity index (χ3v) is 4.29. The van der Waals surface area contributed by atoms with Crippen molar-refractivity contribution < 1.29 is 0 Å². The highest BCUT2D eigenvalue weighted by Crippen LogP contribution is 2.15. The first-order valence-corrected chi connectivity index (χ1v) is 7.26. The number of rotatable bonds is 2. The van der Waals surface area contributed by atoms with Crippen molar-refractivity contribution in [3.63, 3.8) is 0 Å². The molecule has 2 aromatic heterocycles. The Morgan fingerprint density at radius 3 is 3.10 bits per heavy atom. The van der Waals surface area contributed by atoms with Crippen LogP contribution in [0.25, 0.3) is 4.96 Å². The van der Waals surface area contributed by atoms with Crippen LogP contribution in [0.2, 0.25) is 0 Å². The number of piperazine rings is 1. The lowest BCUT2D eigenvalue weighted by molar-refractivity contribution is 0.165. The van der Waals surface area contributed by atoms with Gasteiger partial charge in [-0.25, -0.2) is 4.98 Å². The average Bonchev–Trinajstić information content (AvgIpc) is 2.75. The van der Waals surface area contributed by atoms with Crippen LogP contribution in [0.5, 0.6) is 0 Å². The average molecular weight is 316 g/mol. The summed E-state index contributed by atoms with van der Waals surface area (Å²) in [5.74, 6) is 0. The predicted octanol–water partition coefficient (Wildman–Crippen LogP) is 0.675. The number of aromatic nitrogens is 3. The molecule has 0 radical (unpaired) electrons. The second-order valence-electron chi connectivity index (χ2n) is 4.95. The van der Waals surface area contributed by atoms with Gasteiger partial charge >= 0.3 is 0 Å². The van der Waals surface area contributed by atoms with Crippen LogP contribution in [0.1, 0.15) is 17.6 Å². The molecule has 3 heterocycles. The molecule has 1 aliphatic heterocycles. The highest BCUT2D eigenvalue weighted by molar-refractivity contribution is 7.16. The van der Waals surface area contributed by atoms with E-state index in [4.69, 9.17) is 0 Å². The van der Waals surface area contributed by atoms with E-state index in [2.05, 4.69) is 27.2 Å².